The summed E-state index contributed by atoms with van der Waals surface area (Å²) in [5, 5.41) is 20.1. The Morgan fingerprint density at radius 1 is 1.10 bits per heavy atom. The van der Waals surface area contributed by atoms with Crippen molar-refractivity contribution < 1.29 is 56.6 Å². The highest BCUT2D eigenvalue weighted by atomic mass is 31.3. The lowest BCUT2D eigenvalue weighted by Gasteiger charge is -2.19. The molecule has 2 rings (SSSR count). The summed E-state index contributed by atoms with van der Waals surface area (Å²) in [5.41, 5.74) is 4.28. The van der Waals surface area contributed by atoms with E-state index in [1.165, 1.54) is 12.3 Å². The normalized spacial score (nSPS) is 26.6. The van der Waals surface area contributed by atoms with Gasteiger partial charge in [-0.25, -0.2) is 18.5 Å². The van der Waals surface area contributed by atoms with E-state index in [2.05, 4.69) is 18.1 Å². The van der Waals surface area contributed by atoms with Crippen molar-refractivity contribution in [3.05, 3.63) is 34.4 Å². The van der Waals surface area contributed by atoms with Crippen LogP contribution in [0.5, 0.6) is 0 Å². The maximum absolute atomic E-state index is 11.9. The number of aliphatic hydroxyl groups excluding tert-OH is 2. The number of phosphoric acid groups is 3. The molecule has 0 aromatic carbocycles. The number of nitrogens with zero attached hydrogens (tertiary/aromatic N) is 2. The van der Waals surface area contributed by atoms with Crippen LogP contribution in [0.25, 0.3) is 0 Å². The first-order valence-corrected chi connectivity index (χ1v) is 11.8. The molecule has 8 N–H and O–H groups in total. The quantitative estimate of drug-likeness (QED) is 0.163. The Morgan fingerprint density at radius 2 is 1.72 bits per heavy atom. The average molecular weight is 479 g/mol. The number of anilines is 1. The van der Waals surface area contributed by atoms with E-state index in [1.54, 1.807) is 0 Å². The van der Waals surface area contributed by atoms with E-state index in [9.17, 15) is 33.6 Å². The summed E-state index contributed by atoms with van der Waals surface area (Å²) in [6.45, 7) is -0.935. The van der Waals surface area contributed by atoms with Crippen molar-refractivity contribution in [3.63, 3.8) is 0 Å². The van der Waals surface area contributed by atoms with Crippen LogP contribution < -0.4 is 11.4 Å². The number of phosphoric ester groups is 1. The molecule has 1 aliphatic carbocycles. The Labute approximate surface area is 161 Å². The number of hydrogen-bond donors (Lipinski definition) is 7. The minimum absolute atomic E-state index is 0.0869. The van der Waals surface area contributed by atoms with E-state index < -0.39 is 54.0 Å². The summed E-state index contributed by atoms with van der Waals surface area (Å²) in [4.78, 5) is 50.7. The number of nitrogen functional groups attached to an aromatic ring is 1. The second kappa shape index (κ2) is 8.47. The van der Waals surface area contributed by atoms with E-state index in [1.807, 2.05) is 0 Å². The van der Waals surface area contributed by atoms with Crippen LogP contribution in [-0.4, -0.2) is 58.2 Å². The fourth-order valence-corrected chi connectivity index (χ4v) is 5.32. The van der Waals surface area contributed by atoms with Crippen molar-refractivity contribution in [2.75, 3.05) is 12.3 Å². The Bertz CT molecular complexity index is 1000. The van der Waals surface area contributed by atoms with Gasteiger partial charge in [0.05, 0.1) is 12.6 Å². The van der Waals surface area contributed by atoms with Crippen molar-refractivity contribution in [2.45, 2.75) is 18.2 Å². The molecule has 1 aliphatic rings. The van der Waals surface area contributed by atoms with Crippen LogP contribution in [0, 0.1) is 0 Å². The topological polar surface area (TPSA) is 261 Å². The molecule has 0 aliphatic heterocycles. The maximum Gasteiger partial charge on any atom is 0.490 e. The second-order valence-electron chi connectivity index (χ2n) is 5.57. The largest absolute Gasteiger partial charge is 0.490 e. The summed E-state index contributed by atoms with van der Waals surface area (Å²) >= 11 is 0. The fraction of sp³-hybridized carbons (Fsp3) is 0.400. The number of nitrogens with two attached hydrogens (primary N) is 1. The lowest BCUT2D eigenvalue weighted by Crippen LogP contribution is -2.35. The lowest BCUT2D eigenvalue weighted by atomic mass is 10.1. The number of aliphatic hydroxyl groups is 2. The molecule has 0 bridgehead atoms. The third-order valence-corrected chi connectivity index (χ3v) is 7.20. The van der Waals surface area contributed by atoms with Gasteiger partial charge in [-0.15, -0.1) is 0 Å². The summed E-state index contributed by atoms with van der Waals surface area (Å²) in [7, 11) is -16.7. The predicted octanol–water partition coefficient (Wildman–Crippen LogP) is -1.63. The smallest absolute Gasteiger partial charge is 0.388 e. The third kappa shape index (κ3) is 6.62. The van der Waals surface area contributed by atoms with Gasteiger partial charge in [0.25, 0.3) is 0 Å². The van der Waals surface area contributed by atoms with Crippen LogP contribution in [-0.2, 0) is 26.8 Å². The number of hydrogen-bond acceptors (Lipinski definition) is 11. The summed E-state index contributed by atoms with van der Waals surface area (Å²) in [5.74, 6) is -0.0869. The molecule has 0 amide bonds. The van der Waals surface area contributed by atoms with Crippen LogP contribution in [0.1, 0.15) is 6.04 Å². The first-order chi connectivity index (χ1) is 13.1. The number of aromatic nitrogens is 2. The molecule has 1 heterocycles. The molecule has 0 radical (unpaired) electrons. The molecule has 1 aromatic rings. The monoisotopic (exact) mass is 479 g/mol. The minimum atomic E-state index is -5.69. The maximum atomic E-state index is 11.9. The molecule has 19 heteroatoms. The summed E-state index contributed by atoms with van der Waals surface area (Å²) in [6.07, 6.45) is -0.957. The average Bonchev–Trinajstić information content (AvgIpc) is 2.78. The Hall–Kier alpha value is -1.25. The molecule has 1 aromatic heterocycles. The number of rotatable bonds is 8. The van der Waals surface area contributed by atoms with Gasteiger partial charge in [-0.05, 0) is 11.6 Å². The second-order valence-corrected chi connectivity index (χ2v) is 9.99. The highest BCUT2D eigenvalue weighted by molar-refractivity contribution is 7.66. The van der Waals surface area contributed by atoms with Crippen LogP contribution in [0.2, 0.25) is 0 Å². The lowest BCUT2D eigenvalue weighted by molar-refractivity contribution is 0.0270. The van der Waals surface area contributed by atoms with Gasteiger partial charge >= 0.3 is 29.2 Å². The van der Waals surface area contributed by atoms with Gasteiger partial charge in [-0.3, -0.25) is 9.09 Å². The van der Waals surface area contributed by atoms with E-state index in [0.717, 1.165) is 10.6 Å². The Kier molecular flexibility index (Phi) is 7.02. The highest BCUT2D eigenvalue weighted by Crippen LogP contribution is 2.66. The van der Waals surface area contributed by atoms with E-state index in [4.69, 9.17) is 20.4 Å². The first kappa shape index (κ1) is 24.0. The van der Waals surface area contributed by atoms with Gasteiger partial charge in [-0.2, -0.15) is 13.6 Å². The first-order valence-electron chi connectivity index (χ1n) is 7.30. The highest BCUT2D eigenvalue weighted by Gasteiger charge is 2.42. The third-order valence-electron chi connectivity index (χ3n) is 3.42. The summed E-state index contributed by atoms with van der Waals surface area (Å²) < 4.78 is 45.9. The molecule has 0 fully saturated rings. The van der Waals surface area contributed by atoms with E-state index in [-0.39, 0.29) is 11.4 Å². The molecule has 0 saturated heterocycles. The Balaban J connectivity index is 2.12. The van der Waals surface area contributed by atoms with E-state index >= 15 is 0 Å². The molecule has 29 heavy (non-hydrogen) atoms. The van der Waals surface area contributed by atoms with Crippen molar-refractivity contribution >= 4 is 29.3 Å². The minimum Gasteiger partial charge on any atom is -0.388 e. The molecule has 2 unspecified atom stereocenters. The van der Waals surface area contributed by atoms with Gasteiger partial charge in [-0.1, -0.05) is 6.08 Å². The summed E-state index contributed by atoms with van der Waals surface area (Å²) in [6, 6.07) is 0.100. The SMILES string of the molecule is Nc1ccn([C@@H]2C=C(COP(=O)(O)OP(=O)(O)OP(=O)(O)O)[C@@H](O)[C@H]2O)c(=O)n1. The van der Waals surface area contributed by atoms with Crippen molar-refractivity contribution in [3.8, 4) is 0 Å². The van der Waals surface area contributed by atoms with Gasteiger partial charge in [0.15, 0.2) is 0 Å². The molecule has 0 spiro atoms. The molecule has 5 atom stereocenters. The van der Waals surface area contributed by atoms with Crippen molar-refractivity contribution in [1.29, 1.82) is 0 Å². The van der Waals surface area contributed by atoms with Gasteiger partial charge in [0.1, 0.15) is 18.0 Å². The van der Waals surface area contributed by atoms with Gasteiger partial charge in [0.2, 0.25) is 0 Å². The van der Waals surface area contributed by atoms with Crippen LogP contribution in [0.3, 0.4) is 0 Å². The molecular weight excluding hydrogens is 463 g/mol. The fourth-order valence-electron chi connectivity index (χ4n) is 2.31. The predicted molar refractivity (Wildman–Crippen MR) is 91.9 cm³/mol. The molecule has 164 valence electrons. The molecular formula is C10H16N3O13P3. The zero-order valence-corrected chi connectivity index (χ0v) is 16.7. The van der Waals surface area contributed by atoms with Gasteiger partial charge < -0.3 is 35.5 Å². The molecule has 0 saturated carbocycles. The molecule has 16 nitrogen and oxygen atoms in total. The van der Waals surface area contributed by atoms with Crippen molar-refractivity contribution in [2.24, 2.45) is 0 Å². The van der Waals surface area contributed by atoms with Crippen LogP contribution >= 0.6 is 23.5 Å². The van der Waals surface area contributed by atoms with E-state index in [0.29, 0.717) is 0 Å². The zero-order chi connectivity index (χ0) is 22.2. The van der Waals surface area contributed by atoms with Crippen molar-refractivity contribution in [1.82, 2.24) is 9.55 Å². The zero-order valence-electron chi connectivity index (χ0n) is 14.0. The van der Waals surface area contributed by atoms with Crippen LogP contribution in [0.4, 0.5) is 5.82 Å². The van der Waals surface area contributed by atoms with Gasteiger partial charge in [0, 0.05) is 6.20 Å². The standard InChI is InChI=1S/C10H16N3O13P3/c11-7-1-2-13(10(16)12-7)6-3-5(8(14)9(6)15)4-24-28(20,21)26-29(22,23)25-27(17,18)19/h1-3,6,8-9,14-15H,4H2,(H,20,21)(H,22,23)(H2,11,12,16)(H2,17,18,19)/t6-,8-,9+/m1/s1. The Morgan fingerprint density at radius 3 is 2.28 bits per heavy atom. The van der Waals surface area contributed by atoms with Crippen LogP contribution in [0.15, 0.2) is 28.7 Å².